The Morgan fingerprint density at radius 2 is 1.94 bits per heavy atom. The maximum Gasteiger partial charge on any atom is 0.165 e. The van der Waals surface area contributed by atoms with Gasteiger partial charge in [-0.25, -0.2) is 0 Å². The second kappa shape index (κ2) is 6.17. The molecule has 1 aliphatic rings. The van der Waals surface area contributed by atoms with E-state index in [1.165, 1.54) is 24.8 Å². The number of carbonyl (C=O) groups is 1. The highest BCUT2D eigenvalue weighted by Crippen LogP contribution is 2.36. The summed E-state index contributed by atoms with van der Waals surface area (Å²) in [6.07, 6.45) is 7.32. The van der Waals surface area contributed by atoms with Gasteiger partial charge in [-0.1, -0.05) is 57.4 Å². The molecule has 1 nitrogen and oxygen atoms in total. The van der Waals surface area contributed by atoms with Crippen LogP contribution in [0.4, 0.5) is 0 Å². The molecule has 0 heterocycles. The van der Waals surface area contributed by atoms with Crippen molar-refractivity contribution in [2.45, 2.75) is 58.3 Å². The monoisotopic (exact) mass is 244 g/mol. The summed E-state index contributed by atoms with van der Waals surface area (Å²) in [6, 6.07) is 8.37. The van der Waals surface area contributed by atoms with Crippen LogP contribution >= 0.6 is 0 Å². The van der Waals surface area contributed by atoms with Crippen molar-refractivity contribution in [3.8, 4) is 0 Å². The molecule has 1 saturated carbocycles. The summed E-state index contributed by atoms with van der Waals surface area (Å²) in [4.78, 5) is 12.2. The highest BCUT2D eigenvalue weighted by molar-refractivity contribution is 5.97. The van der Waals surface area contributed by atoms with Crippen LogP contribution in [0.5, 0.6) is 0 Å². The second-order valence-electron chi connectivity index (χ2n) is 5.66. The van der Waals surface area contributed by atoms with Crippen molar-refractivity contribution in [3.63, 3.8) is 0 Å². The standard InChI is InChI=1S/C17H24O/c1-3-4-6-13(2)17(18)16-11-9-15(10-12-16)14-7-5-8-14/h9-14H,3-8H2,1-2H3. The molecule has 1 unspecified atom stereocenters. The quantitative estimate of drug-likeness (QED) is 0.646. The Balaban J connectivity index is 1.97. The Kier molecular flexibility index (Phi) is 4.57. The van der Waals surface area contributed by atoms with Crippen molar-refractivity contribution in [1.29, 1.82) is 0 Å². The fourth-order valence-electron chi connectivity index (χ4n) is 2.59. The molecule has 1 aromatic carbocycles. The van der Waals surface area contributed by atoms with E-state index >= 15 is 0 Å². The highest BCUT2D eigenvalue weighted by atomic mass is 16.1. The summed E-state index contributed by atoms with van der Waals surface area (Å²) in [5.74, 6) is 1.23. The Hall–Kier alpha value is -1.11. The molecule has 1 aromatic rings. The van der Waals surface area contributed by atoms with Crippen LogP contribution in [0.3, 0.4) is 0 Å². The Morgan fingerprint density at radius 1 is 1.28 bits per heavy atom. The summed E-state index contributed by atoms with van der Waals surface area (Å²) in [5, 5.41) is 0. The van der Waals surface area contributed by atoms with Gasteiger partial charge in [0, 0.05) is 11.5 Å². The van der Waals surface area contributed by atoms with E-state index in [2.05, 4.69) is 26.0 Å². The molecule has 0 aliphatic heterocycles. The molecule has 0 bridgehead atoms. The van der Waals surface area contributed by atoms with Gasteiger partial charge in [0.1, 0.15) is 0 Å². The lowest BCUT2D eigenvalue weighted by Crippen LogP contribution is -2.12. The lowest BCUT2D eigenvalue weighted by Gasteiger charge is -2.25. The summed E-state index contributed by atoms with van der Waals surface area (Å²) in [7, 11) is 0. The Morgan fingerprint density at radius 3 is 2.44 bits per heavy atom. The number of ketones is 1. The van der Waals surface area contributed by atoms with Crippen LogP contribution in [0, 0.1) is 5.92 Å². The van der Waals surface area contributed by atoms with Gasteiger partial charge in [-0.2, -0.15) is 0 Å². The van der Waals surface area contributed by atoms with Crippen molar-refractivity contribution in [1.82, 2.24) is 0 Å². The van der Waals surface area contributed by atoms with Crippen molar-refractivity contribution in [2.24, 2.45) is 5.92 Å². The molecule has 1 atom stereocenters. The normalized spacial score (nSPS) is 17.2. The number of hydrogen-bond acceptors (Lipinski definition) is 1. The minimum absolute atomic E-state index is 0.166. The molecular formula is C17H24O. The third-order valence-electron chi connectivity index (χ3n) is 4.21. The molecule has 2 rings (SSSR count). The van der Waals surface area contributed by atoms with E-state index in [0.717, 1.165) is 30.7 Å². The lowest BCUT2D eigenvalue weighted by molar-refractivity contribution is 0.0922. The molecule has 0 amide bonds. The van der Waals surface area contributed by atoms with Gasteiger partial charge in [0.15, 0.2) is 5.78 Å². The fraction of sp³-hybridized carbons (Fsp3) is 0.588. The number of benzene rings is 1. The maximum atomic E-state index is 12.2. The first-order valence-corrected chi connectivity index (χ1v) is 7.36. The predicted molar refractivity (Wildman–Crippen MR) is 76.1 cm³/mol. The molecule has 0 spiro atoms. The topological polar surface area (TPSA) is 17.1 Å². The van der Waals surface area contributed by atoms with Crippen LogP contribution in [0.15, 0.2) is 24.3 Å². The molecule has 1 aliphatic carbocycles. The van der Waals surface area contributed by atoms with E-state index in [4.69, 9.17) is 0 Å². The van der Waals surface area contributed by atoms with Gasteiger partial charge in [-0.3, -0.25) is 4.79 Å². The number of carbonyl (C=O) groups excluding carboxylic acids is 1. The molecule has 0 N–H and O–H groups in total. The van der Waals surface area contributed by atoms with Gasteiger partial charge in [-0.05, 0) is 30.7 Å². The minimum atomic E-state index is 0.166. The highest BCUT2D eigenvalue weighted by Gasteiger charge is 2.20. The van der Waals surface area contributed by atoms with Gasteiger partial charge >= 0.3 is 0 Å². The summed E-state index contributed by atoms with van der Waals surface area (Å²) in [5.41, 5.74) is 2.31. The Labute approximate surface area is 111 Å². The lowest BCUT2D eigenvalue weighted by atomic mass is 9.79. The first-order valence-electron chi connectivity index (χ1n) is 7.36. The average molecular weight is 244 g/mol. The molecule has 0 aromatic heterocycles. The molecule has 0 saturated heterocycles. The van der Waals surface area contributed by atoms with E-state index in [0.29, 0.717) is 5.78 Å². The number of hydrogen-bond donors (Lipinski definition) is 0. The van der Waals surface area contributed by atoms with Crippen LogP contribution in [0.2, 0.25) is 0 Å². The third-order valence-corrected chi connectivity index (χ3v) is 4.21. The SMILES string of the molecule is CCCCC(C)C(=O)c1ccc(C2CCC2)cc1. The maximum absolute atomic E-state index is 12.2. The molecule has 0 radical (unpaired) electrons. The van der Waals surface area contributed by atoms with Crippen molar-refractivity contribution >= 4 is 5.78 Å². The van der Waals surface area contributed by atoms with Crippen LogP contribution in [0.1, 0.15) is 74.2 Å². The van der Waals surface area contributed by atoms with E-state index in [1.807, 2.05) is 12.1 Å². The smallest absolute Gasteiger partial charge is 0.165 e. The van der Waals surface area contributed by atoms with Gasteiger partial charge in [-0.15, -0.1) is 0 Å². The van der Waals surface area contributed by atoms with Crippen LogP contribution in [-0.2, 0) is 0 Å². The average Bonchev–Trinajstić information content (AvgIpc) is 2.34. The predicted octanol–water partition coefficient (Wildman–Crippen LogP) is 4.96. The fourth-order valence-corrected chi connectivity index (χ4v) is 2.59. The van der Waals surface area contributed by atoms with Crippen LogP contribution < -0.4 is 0 Å². The first-order chi connectivity index (χ1) is 8.72. The number of unbranched alkanes of at least 4 members (excludes halogenated alkanes) is 1. The van der Waals surface area contributed by atoms with Crippen molar-refractivity contribution in [2.75, 3.05) is 0 Å². The zero-order chi connectivity index (χ0) is 13.0. The molecule has 1 heteroatoms. The summed E-state index contributed by atoms with van der Waals surface area (Å²) >= 11 is 0. The van der Waals surface area contributed by atoms with Crippen molar-refractivity contribution < 1.29 is 4.79 Å². The van der Waals surface area contributed by atoms with Crippen molar-refractivity contribution in [3.05, 3.63) is 35.4 Å². The second-order valence-corrected chi connectivity index (χ2v) is 5.66. The van der Waals surface area contributed by atoms with E-state index in [-0.39, 0.29) is 5.92 Å². The van der Waals surface area contributed by atoms with Crippen LogP contribution in [-0.4, -0.2) is 5.78 Å². The first kappa shape index (κ1) is 13.3. The van der Waals surface area contributed by atoms with E-state index in [9.17, 15) is 4.79 Å². The van der Waals surface area contributed by atoms with Gasteiger partial charge in [0.25, 0.3) is 0 Å². The van der Waals surface area contributed by atoms with Gasteiger partial charge in [0.05, 0.1) is 0 Å². The zero-order valence-corrected chi connectivity index (χ0v) is 11.6. The summed E-state index contributed by atoms with van der Waals surface area (Å²) in [6.45, 7) is 4.22. The Bertz CT molecular complexity index is 387. The van der Waals surface area contributed by atoms with Gasteiger partial charge in [0.2, 0.25) is 0 Å². The van der Waals surface area contributed by atoms with Crippen LogP contribution in [0.25, 0.3) is 0 Å². The van der Waals surface area contributed by atoms with E-state index < -0.39 is 0 Å². The van der Waals surface area contributed by atoms with Gasteiger partial charge < -0.3 is 0 Å². The third kappa shape index (κ3) is 3.01. The van der Waals surface area contributed by atoms with E-state index in [1.54, 1.807) is 0 Å². The largest absolute Gasteiger partial charge is 0.294 e. The molecule has 1 fully saturated rings. The molecule has 98 valence electrons. The molecular weight excluding hydrogens is 220 g/mol. The number of Topliss-reactive ketones (excluding diaryl/α,β-unsaturated/α-hetero) is 1. The molecule has 18 heavy (non-hydrogen) atoms. The summed E-state index contributed by atoms with van der Waals surface area (Å²) < 4.78 is 0. The minimum Gasteiger partial charge on any atom is -0.294 e. The zero-order valence-electron chi connectivity index (χ0n) is 11.6. The number of rotatable bonds is 6.